The zero-order chi connectivity index (χ0) is 13.8. The predicted octanol–water partition coefficient (Wildman–Crippen LogP) is 3.90. The monoisotopic (exact) mass is 273 g/mol. The van der Waals surface area contributed by atoms with E-state index < -0.39 is 0 Å². The van der Waals surface area contributed by atoms with E-state index in [-0.39, 0.29) is 6.04 Å². The number of ether oxygens (including phenoxy) is 1. The molecule has 1 saturated carbocycles. The summed E-state index contributed by atoms with van der Waals surface area (Å²) in [6, 6.07) is 10.4. The van der Waals surface area contributed by atoms with E-state index in [1.54, 1.807) is 0 Å². The Morgan fingerprint density at radius 2 is 2.20 bits per heavy atom. The Morgan fingerprint density at radius 1 is 1.35 bits per heavy atom. The molecule has 2 aromatic rings. The minimum Gasteiger partial charge on any atom is -0.459 e. The highest BCUT2D eigenvalue weighted by molar-refractivity contribution is 5.77. The number of furan rings is 1. The van der Waals surface area contributed by atoms with E-state index >= 15 is 0 Å². The molecule has 1 aromatic carbocycles. The van der Waals surface area contributed by atoms with Crippen LogP contribution in [0.3, 0.4) is 0 Å². The van der Waals surface area contributed by atoms with Crippen LogP contribution in [0.5, 0.6) is 0 Å². The Labute approximate surface area is 120 Å². The van der Waals surface area contributed by atoms with Crippen molar-refractivity contribution in [2.75, 3.05) is 19.8 Å². The van der Waals surface area contributed by atoms with Gasteiger partial charge in [0.05, 0.1) is 12.6 Å². The lowest BCUT2D eigenvalue weighted by Gasteiger charge is -2.16. The van der Waals surface area contributed by atoms with Crippen molar-refractivity contribution in [1.29, 1.82) is 0 Å². The molecule has 1 fully saturated rings. The Bertz CT molecular complexity index is 512. The molecule has 0 saturated heterocycles. The van der Waals surface area contributed by atoms with Gasteiger partial charge in [-0.2, -0.15) is 0 Å². The van der Waals surface area contributed by atoms with Crippen LogP contribution in [0.4, 0.5) is 0 Å². The second kappa shape index (κ2) is 6.42. The van der Waals surface area contributed by atoms with Crippen molar-refractivity contribution >= 4 is 11.0 Å². The van der Waals surface area contributed by atoms with Gasteiger partial charge in [0, 0.05) is 12.0 Å². The van der Waals surface area contributed by atoms with Gasteiger partial charge >= 0.3 is 0 Å². The summed E-state index contributed by atoms with van der Waals surface area (Å²) in [7, 11) is 0. The lowest BCUT2D eigenvalue weighted by Crippen LogP contribution is -2.26. The maximum Gasteiger partial charge on any atom is 0.134 e. The third-order valence-electron chi connectivity index (χ3n) is 3.76. The predicted molar refractivity (Wildman–Crippen MR) is 80.8 cm³/mol. The highest BCUT2D eigenvalue weighted by Crippen LogP contribution is 2.29. The summed E-state index contributed by atoms with van der Waals surface area (Å²) in [5.74, 6) is 1.79. The first-order chi connectivity index (χ1) is 9.86. The molecule has 0 radical (unpaired) electrons. The van der Waals surface area contributed by atoms with Crippen LogP contribution in [0.25, 0.3) is 11.0 Å². The zero-order valence-corrected chi connectivity index (χ0v) is 12.1. The van der Waals surface area contributed by atoms with Crippen molar-refractivity contribution in [1.82, 2.24) is 5.32 Å². The first-order valence-corrected chi connectivity index (χ1v) is 7.66. The van der Waals surface area contributed by atoms with E-state index in [1.807, 2.05) is 18.2 Å². The van der Waals surface area contributed by atoms with Gasteiger partial charge in [0.1, 0.15) is 11.3 Å². The number of hydrogen-bond acceptors (Lipinski definition) is 3. The number of fused-ring (bicyclic) bond motifs is 1. The molecule has 3 nitrogen and oxygen atoms in total. The molecule has 0 spiro atoms. The summed E-state index contributed by atoms with van der Waals surface area (Å²) < 4.78 is 11.8. The van der Waals surface area contributed by atoms with E-state index in [2.05, 4.69) is 24.4 Å². The number of rotatable bonds is 8. The molecule has 1 aliphatic rings. The maximum absolute atomic E-state index is 5.96. The molecular weight excluding hydrogens is 250 g/mol. The van der Waals surface area contributed by atoms with Crippen molar-refractivity contribution in [3.8, 4) is 0 Å². The molecule has 20 heavy (non-hydrogen) atoms. The molecule has 0 aliphatic heterocycles. The molecular formula is C17H23NO2. The summed E-state index contributed by atoms with van der Waals surface area (Å²) >= 11 is 0. The summed E-state index contributed by atoms with van der Waals surface area (Å²) in [6.07, 6.45) is 3.77. The van der Waals surface area contributed by atoms with Crippen LogP contribution in [-0.2, 0) is 4.74 Å². The van der Waals surface area contributed by atoms with Gasteiger partial charge in [0.15, 0.2) is 0 Å². The fourth-order valence-electron chi connectivity index (χ4n) is 2.37. The zero-order valence-electron chi connectivity index (χ0n) is 12.1. The van der Waals surface area contributed by atoms with Crippen LogP contribution in [0.2, 0.25) is 0 Å². The molecule has 3 rings (SSSR count). The van der Waals surface area contributed by atoms with Gasteiger partial charge in [-0.05, 0) is 43.9 Å². The quantitative estimate of drug-likeness (QED) is 0.792. The summed E-state index contributed by atoms with van der Waals surface area (Å²) in [5, 5.41) is 4.68. The van der Waals surface area contributed by atoms with Gasteiger partial charge in [-0.3, -0.25) is 0 Å². The van der Waals surface area contributed by atoms with Crippen molar-refractivity contribution in [3.05, 3.63) is 36.1 Å². The number of nitrogens with one attached hydrogen (secondary N) is 1. The topological polar surface area (TPSA) is 34.4 Å². The number of hydrogen-bond donors (Lipinski definition) is 1. The first-order valence-electron chi connectivity index (χ1n) is 7.66. The molecule has 1 atom stereocenters. The average molecular weight is 273 g/mol. The van der Waals surface area contributed by atoms with Gasteiger partial charge in [-0.1, -0.05) is 25.1 Å². The van der Waals surface area contributed by atoms with Crippen LogP contribution in [0.15, 0.2) is 34.7 Å². The van der Waals surface area contributed by atoms with Crippen LogP contribution >= 0.6 is 0 Å². The van der Waals surface area contributed by atoms with Gasteiger partial charge in [-0.25, -0.2) is 0 Å². The first kappa shape index (κ1) is 13.7. The van der Waals surface area contributed by atoms with Crippen LogP contribution in [0, 0.1) is 5.92 Å². The highest BCUT2D eigenvalue weighted by atomic mass is 16.5. The Hall–Kier alpha value is -1.32. The van der Waals surface area contributed by atoms with E-state index in [0.29, 0.717) is 6.61 Å². The molecule has 3 heteroatoms. The third-order valence-corrected chi connectivity index (χ3v) is 3.76. The summed E-state index contributed by atoms with van der Waals surface area (Å²) in [4.78, 5) is 0. The maximum atomic E-state index is 5.96. The lowest BCUT2D eigenvalue weighted by molar-refractivity contribution is 0.0973. The Morgan fingerprint density at radius 3 is 2.95 bits per heavy atom. The van der Waals surface area contributed by atoms with Crippen LogP contribution in [0.1, 0.15) is 38.0 Å². The molecule has 0 amide bonds. The highest BCUT2D eigenvalue weighted by Gasteiger charge is 2.23. The third kappa shape index (κ3) is 3.41. The molecule has 0 bridgehead atoms. The standard InChI is InChI=1S/C17H23NO2/c1-2-9-18-15(12-19-11-13-7-8-13)17-10-14-5-3-4-6-16(14)20-17/h3-6,10,13,15,18H,2,7-9,11-12H2,1H3. The van der Waals surface area contributed by atoms with Gasteiger partial charge in [0.25, 0.3) is 0 Å². The minimum atomic E-state index is 0.154. The molecule has 108 valence electrons. The minimum absolute atomic E-state index is 0.154. The number of para-hydroxylation sites is 1. The molecule has 1 unspecified atom stereocenters. The average Bonchev–Trinajstić information content (AvgIpc) is 3.19. The van der Waals surface area contributed by atoms with E-state index in [0.717, 1.165) is 42.2 Å². The second-order valence-corrected chi connectivity index (χ2v) is 5.67. The lowest BCUT2D eigenvalue weighted by atomic mass is 10.2. The van der Waals surface area contributed by atoms with Gasteiger partial charge in [0.2, 0.25) is 0 Å². The fraction of sp³-hybridized carbons (Fsp3) is 0.529. The van der Waals surface area contributed by atoms with Crippen molar-refractivity contribution in [2.24, 2.45) is 5.92 Å². The van der Waals surface area contributed by atoms with Crippen molar-refractivity contribution < 1.29 is 9.15 Å². The fourth-order valence-corrected chi connectivity index (χ4v) is 2.37. The van der Waals surface area contributed by atoms with Crippen molar-refractivity contribution in [2.45, 2.75) is 32.2 Å². The van der Waals surface area contributed by atoms with Crippen LogP contribution < -0.4 is 5.32 Å². The molecule has 1 aromatic heterocycles. The van der Waals surface area contributed by atoms with Gasteiger partial charge in [-0.15, -0.1) is 0 Å². The summed E-state index contributed by atoms with van der Waals surface area (Å²) in [6.45, 7) is 4.74. The Kier molecular flexibility index (Phi) is 4.38. The largest absolute Gasteiger partial charge is 0.459 e. The molecule has 1 aliphatic carbocycles. The normalized spacial score (nSPS) is 16.6. The van der Waals surface area contributed by atoms with E-state index in [4.69, 9.17) is 9.15 Å². The van der Waals surface area contributed by atoms with E-state index in [9.17, 15) is 0 Å². The molecule has 1 N–H and O–H groups in total. The van der Waals surface area contributed by atoms with Gasteiger partial charge < -0.3 is 14.5 Å². The molecule has 1 heterocycles. The smallest absolute Gasteiger partial charge is 0.134 e. The van der Waals surface area contributed by atoms with E-state index in [1.165, 1.54) is 12.8 Å². The van der Waals surface area contributed by atoms with Crippen LogP contribution in [-0.4, -0.2) is 19.8 Å². The summed E-state index contributed by atoms with van der Waals surface area (Å²) in [5.41, 5.74) is 0.952. The SMILES string of the molecule is CCCNC(COCC1CC1)c1cc2ccccc2o1. The number of benzene rings is 1. The Balaban J connectivity index is 1.68. The van der Waals surface area contributed by atoms with Crippen molar-refractivity contribution in [3.63, 3.8) is 0 Å². The second-order valence-electron chi connectivity index (χ2n) is 5.67.